The van der Waals surface area contributed by atoms with Gasteiger partial charge in [0.1, 0.15) is 0 Å². The Morgan fingerprint density at radius 3 is 2.53 bits per heavy atom. The number of hydrogen-bond acceptors (Lipinski definition) is 3. The molecule has 0 spiro atoms. The molecule has 2 unspecified atom stereocenters. The summed E-state index contributed by atoms with van der Waals surface area (Å²) >= 11 is 0. The lowest BCUT2D eigenvalue weighted by molar-refractivity contribution is 0.345. The molecule has 4 nitrogen and oxygen atoms in total. The molecular weight excluding hydrogens is 260 g/mol. The van der Waals surface area contributed by atoms with Gasteiger partial charge in [-0.3, -0.25) is 0 Å². The Kier molecular flexibility index (Phi) is 3.37. The third-order valence-corrected chi connectivity index (χ3v) is 5.61. The first-order valence-corrected chi connectivity index (χ1v) is 8.36. The van der Waals surface area contributed by atoms with Gasteiger partial charge in [0, 0.05) is 18.1 Å². The van der Waals surface area contributed by atoms with E-state index in [0.29, 0.717) is 17.0 Å². The second-order valence-corrected chi connectivity index (χ2v) is 7.46. The number of benzene rings is 1. The van der Waals surface area contributed by atoms with Gasteiger partial charge in [0.25, 0.3) is 0 Å². The molecule has 0 saturated carbocycles. The molecule has 2 heterocycles. The second-order valence-electron chi connectivity index (χ2n) is 5.74. The van der Waals surface area contributed by atoms with Gasteiger partial charge < -0.3 is 5.32 Å². The van der Waals surface area contributed by atoms with Gasteiger partial charge in [-0.25, -0.2) is 13.1 Å². The third kappa shape index (κ3) is 2.83. The van der Waals surface area contributed by atoms with Gasteiger partial charge in [0.15, 0.2) is 0 Å². The van der Waals surface area contributed by atoms with Crippen LogP contribution in [0.5, 0.6) is 0 Å². The molecule has 0 aliphatic carbocycles. The number of aryl methyl sites for hydroxylation is 1. The van der Waals surface area contributed by atoms with E-state index in [2.05, 4.69) is 10.0 Å². The lowest BCUT2D eigenvalue weighted by atomic mass is 10.0. The molecule has 0 aromatic heterocycles. The summed E-state index contributed by atoms with van der Waals surface area (Å²) in [4.78, 5) is 0.373. The molecule has 2 N–H and O–H groups in total. The largest absolute Gasteiger partial charge is 0.311 e. The predicted molar refractivity (Wildman–Crippen MR) is 74.5 cm³/mol. The van der Waals surface area contributed by atoms with E-state index < -0.39 is 10.0 Å². The highest BCUT2D eigenvalue weighted by Gasteiger charge is 2.35. The van der Waals surface area contributed by atoms with Crippen LogP contribution in [0, 0.1) is 6.92 Å². The summed E-state index contributed by atoms with van der Waals surface area (Å²) in [5.41, 5.74) is 0.966. The van der Waals surface area contributed by atoms with Crippen LogP contribution in [0.2, 0.25) is 0 Å². The van der Waals surface area contributed by atoms with E-state index in [1.54, 1.807) is 18.2 Å². The fourth-order valence-electron chi connectivity index (χ4n) is 3.22. The summed E-state index contributed by atoms with van der Waals surface area (Å²) in [6.45, 7) is 1.91. The van der Waals surface area contributed by atoms with E-state index in [9.17, 15) is 8.42 Å². The summed E-state index contributed by atoms with van der Waals surface area (Å²) in [6, 6.07) is 8.13. The zero-order valence-electron chi connectivity index (χ0n) is 11.1. The summed E-state index contributed by atoms with van der Waals surface area (Å²) in [6.07, 6.45) is 4.16. The van der Waals surface area contributed by atoms with Gasteiger partial charge in [-0.1, -0.05) is 12.1 Å². The number of fused-ring (bicyclic) bond motifs is 2. The van der Waals surface area contributed by atoms with Gasteiger partial charge in [-0.05, 0) is 50.3 Å². The fraction of sp³-hybridized carbons (Fsp3) is 0.571. The first-order chi connectivity index (χ1) is 9.03. The normalized spacial score (nSPS) is 30.5. The molecule has 2 bridgehead atoms. The number of sulfonamides is 1. The molecule has 2 aliphatic heterocycles. The molecule has 0 amide bonds. The molecule has 2 fully saturated rings. The molecule has 2 atom stereocenters. The van der Waals surface area contributed by atoms with E-state index in [1.165, 1.54) is 12.8 Å². The first kappa shape index (κ1) is 13.1. The van der Waals surface area contributed by atoms with Crippen LogP contribution in [0.1, 0.15) is 31.2 Å². The average molecular weight is 280 g/mol. The average Bonchev–Trinajstić information content (AvgIpc) is 2.68. The Labute approximate surface area is 114 Å². The minimum atomic E-state index is -3.38. The van der Waals surface area contributed by atoms with Crippen LogP contribution in [-0.2, 0) is 10.0 Å². The van der Waals surface area contributed by atoms with Gasteiger partial charge in [-0.2, -0.15) is 0 Å². The van der Waals surface area contributed by atoms with Crippen molar-refractivity contribution in [3.05, 3.63) is 29.8 Å². The zero-order valence-corrected chi connectivity index (χ0v) is 11.9. The number of hydrogen-bond donors (Lipinski definition) is 2. The van der Waals surface area contributed by atoms with Crippen molar-refractivity contribution in [1.82, 2.24) is 10.0 Å². The molecule has 0 radical (unpaired) electrons. The molecule has 2 aliphatic rings. The van der Waals surface area contributed by atoms with Crippen LogP contribution < -0.4 is 10.0 Å². The van der Waals surface area contributed by atoms with Crippen LogP contribution in [0.4, 0.5) is 0 Å². The van der Waals surface area contributed by atoms with Crippen LogP contribution in [0.25, 0.3) is 0 Å². The van der Waals surface area contributed by atoms with E-state index in [-0.39, 0.29) is 6.04 Å². The van der Waals surface area contributed by atoms with Crippen LogP contribution in [0.15, 0.2) is 29.2 Å². The predicted octanol–water partition coefficient (Wildman–Crippen LogP) is 1.56. The number of nitrogens with one attached hydrogen (secondary N) is 2. The number of piperidine rings is 1. The maximum atomic E-state index is 12.4. The van der Waals surface area contributed by atoms with E-state index in [4.69, 9.17) is 0 Å². The maximum Gasteiger partial charge on any atom is 0.240 e. The van der Waals surface area contributed by atoms with E-state index in [1.807, 2.05) is 13.0 Å². The third-order valence-electron chi connectivity index (χ3n) is 4.09. The minimum Gasteiger partial charge on any atom is -0.311 e. The topological polar surface area (TPSA) is 58.2 Å². The minimum absolute atomic E-state index is 0.0734. The molecule has 104 valence electrons. The Morgan fingerprint density at radius 1 is 1.21 bits per heavy atom. The summed E-state index contributed by atoms with van der Waals surface area (Å²) < 4.78 is 27.6. The maximum absolute atomic E-state index is 12.4. The Bertz CT molecular complexity index is 559. The van der Waals surface area contributed by atoms with Crippen molar-refractivity contribution in [2.45, 2.75) is 55.6 Å². The Hall–Kier alpha value is -0.910. The van der Waals surface area contributed by atoms with Crippen LogP contribution >= 0.6 is 0 Å². The lowest BCUT2D eigenvalue weighted by Crippen LogP contribution is -2.47. The first-order valence-electron chi connectivity index (χ1n) is 6.88. The smallest absolute Gasteiger partial charge is 0.240 e. The molecule has 2 saturated heterocycles. The molecule has 19 heavy (non-hydrogen) atoms. The van der Waals surface area contributed by atoms with Crippen molar-refractivity contribution >= 4 is 10.0 Å². The Morgan fingerprint density at radius 2 is 1.89 bits per heavy atom. The Balaban J connectivity index is 1.75. The van der Waals surface area contributed by atoms with E-state index in [0.717, 1.165) is 18.4 Å². The molecule has 3 rings (SSSR count). The van der Waals surface area contributed by atoms with E-state index >= 15 is 0 Å². The molecular formula is C14H20N2O2S. The standard InChI is InChI=1S/C14H20N2O2S/c1-10-3-2-4-14(7-10)19(17,18)16-13-8-11-5-6-12(9-13)15-11/h2-4,7,11-13,15-16H,5-6,8-9H2,1H3. The summed E-state index contributed by atoms with van der Waals surface area (Å²) in [7, 11) is -3.38. The highest BCUT2D eigenvalue weighted by atomic mass is 32.2. The fourth-order valence-corrected chi connectivity index (χ4v) is 4.59. The van der Waals surface area contributed by atoms with Crippen molar-refractivity contribution in [1.29, 1.82) is 0 Å². The van der Waals surface area contributed by atoms with Crippen LogP contribution in [-0.4, -0.2) is 26.5 Å². The van der Waals surface area contributed by atoms with Gasteiger partial charge in [0.05, 0.1) is 4.90 Å². The monoisotopic (exact) mass is 280 g/mol. The molecule has 1 aromatic rings. The lowest BCUT2D eigenvalue weighted by Gasteiger charge is -2.29. The van der Waals surface area contributed by atoms with Crippen molar-refractivity contribution in [3.8, 4) is 0 Å². The van der Waals surface area contributed by atoms with Crippen LogP contribution in [0.3, 0.4) is 0 Å². The van der Waals surface area contributed by atoms with Gasteiger partial charge in [-0.15, -0.1) is 0 Å². The summed E-state index contributed by atoms with van der Waals surface area (Å²) in [5, 5.41) is 3.52. The van der Waals surface area contributed by atoms with Crippen molar-refractivity contribution in [2.24, 2.45) is 0 Å². The van der Waals surface area contributed by atoms with Gasteiger partial charge in [0.2, 0.25) is 10.0 Å². The molecule has 5 heteroatoms. The zero-order chi connectivity index (χ0) is 13.5. The number of rotatable bonds is 3. The highest BCUT2D eigenvalue weighted by molar-refractivity contribution is 7.89. The second kappa shape index (κ2) is 4.89. The van der Waals surface area contributed by atoms with Crippen molar-refractivity contribution in [3.63, 3.8) is 0 Å². The van der Waals surface area contributed by atoms with Crippen molar-refractivity contribution < 1.29 is 8.42 Å². The van der Waals surface area contributed by atoms with Gasteiger partial charge >= 0.3 is 0 Å². The molecule has 1 aromatic carbocycles. The van der Waals surface area contributed by atoms with Crippen molar-refractivity contribution in [2.75, 3.05) is 0 Å². The SMILES string of the molecule is Cc1cccc(S(=O)(=O)NC2CC3CCC(C2)N3)c1. The highest BCUT2D eigenvalue weighted by Crippen LogP contribution is 2.27. The quantitative estimate of drug-likeness (QED) is 0.883. The summed E-state index contributed by atoms with van der Waals surface area (Å²) in [5.74, 6) is 0.